The number of aromatic nitrogens is 1. The second-order valence-corrected chi connectivity index (χ2v) is 6.86. The van der Waals surface area contributed by atoms with Gasteiger partial charge in [0.1, 0.15) is 5.76 Å². The minimum absolute atomic E-state index is 0.342. The summed E-state index contributed by atoms with van der Waals surface area (Å²) in [4.78, 5) is 26.8. The number of nitrogens with zero attached hydrogens (tertiary/aromatic N) is 2. The van der Waals surface area contributed by atoms with Gasteiger partial charge in [-0.05, 0) is 43.2 Å². The first-order chi connectivity index (χ1) is 13.9. The van der Waals surface area contributed by atoms with E-state index in [2.05, 4.69) is 5.16 Å². The maximum Gasteiger partial charge on any atom is 0.261 e. The molecular weight excluding hydrogens is 372 g/mol. The molecule has 0 unspecified atom stereocenters. The Kier molecular flexibility index (Phi) is 4.38. The van der Waals surface area contributed by atoms with Crippen molar-refractivity contribution < 1.29 is 23.6 Å². The second-order valence-electron chi connectivity index (χ2n) is 6.86. The number of rotatable bonds is 4. The van der Waals surface area contributed by atoms with Crippen LogP contribution < -0.4 is 9.47 Å². The number of hydrogen-bond acceptors (Lipinski definition) is 6. The zero-order chi connectivity index (χ0) is 20.9. The van der Waals surface area contributed by atoms with E-state index in [0.717, 1.165) is 16.0 Å². The predicted molar refractivity (Wildman–Crippen MR) is 106 cm³/mol. The van der Waals surface area contributed by atoms with Gasteiger partial charge in [0.2, 0.25) is 0 Å². The van der Waals surface area contributed by atoms with Crippen LogP contribution in [-0.2, 0) is 0 Å². The van der Waals surface area contributed by atoms with Crippen molar-refractivity contribution in [3.63, 3.8) is 0 Å². The summed E-state index contributed by atoms with van der Waals surface area (Å²) in [5.74, 6) is 0.961. The molecule has 148 valence electrons. The average molecular weight is 392 g/mol. The molecule has 1 aliphatic heterocycles. The zero-order valence-electron chi connectivity index (χ0n) is 16.8. The number of hydrogen-bond donors (Lipinski definition) is 0. The molecule has 1 aliphatic rings. The van der Waals surface area contributed by atoms with Crippen molar-refractivity contribution in [3.8, 4) is 33.8 Å². The molecule has 0 bridgehead atoms. The van der Waals surface area contributed by atoms with Crippen LogP contribution in [0.4, 0.5) is 0 Å². The number of imide groups is 1. The van der Waals surface area contributed by atoms with Crippen molar-refractivity contribution >= 4 is 11.8 Å². The molecule has 0 fully saturated rings. The third-order valence-electron chi connectivity index (χ3n) is 5.21. The van der Waals surface area contributed by atoms with E-state index in [4.69, 9.17) is 14.0 Å². The van der Waals surface area contributed by atoms with E-state index < -0.39 is 0 Å². The highest BCUT2D eigenvalue weighted by Gasteiger charge is 2.37. The lowest BCUT2D eigenvalue weighted by molar-refractivity contribution is 0.0693. The molecule has 0 saturated carbocycles. The van der Waals surface area contributed by atoms with Crippen LogP contribution in [0.1, 0.15) is 32.2 Å². The standard InChI is InChI=1S/C22H20N2O5/c1-11-18(12(2)29-23-11)13-9-15(14-7-6-8-17(27-4)20(14)28-5)19-16(10-13)21(25)24(3)22(19)26/h6-10H,1-5H3. The number of carbonyl (C=O) groups excluding carboxylic acids is 2. The van der Waals surface area contributed by atoms with Crippen LogP contribution in [0.5, 0.6) is 11.5 Å². The van der Waals surface area contributed by atoms with Crippen molar-refractivity contribution in [3.05, 3.63) is 52.9 Å². The Morgan fingerprint density at radius 2 is 1.66 bits per heavy atom. The lowest BCUT2D eigenvalue weighted by Gasteiger charge is -2.16. The number of fused-ring (bicyclic) bond motifs is 1. The van der Waals surface area contributed by atoms with Crippen molar-refractivity contribution in [2.75, 3.05) is 21.3 Å². The molecule has 7 heteroatoms. The Bertz CT molecular complexity index is 1140. The van der Waals surface area contributed by atoms with Crippen molar-refractivity contribution in [2.24, 2.45) is 0 Å². The van der Waals surface area contributed by atoms with Gasteiger partial charge in [-0.3, -0.25) is 14.5 Å². The molecule has 0 atom stereocenters. The summed E-state index contributed by atoms with van der Waals surface area (Å²) in [5, 5.41) is 4.02. The summed E-state index contributed by atoms with van der Waals surface area (Å²) < 4.78 is 16.3. The van der Waals surface area contributed by atoms with Gasteiger partial charge in [-0.25, -0.2) is 0 Å². The summed E-state index contributed by atoms with van der Waals surface area (Å²) in [5.41, 5.74) is 4.19. The third-order valence-corrected chi connectivity index (χ3v) is 5.21. The molecule has 7 nitrogen and oxygen atoms in total. The first kappa shape index (κ1) is 18.7. The number of benzene rings is 2. The molecule has 0 N–H and O–H groups in total. The fraction of sp³-hybridized carbons (Fsp3) is 0.227. The molecule has 2 aromatic carbocycles. The van der Waals surface area contributed by atoms with Crippen LogP contribution in [0.3, 0.4) is 0 Å². The number of ether oxygens (including phenoxy) is 2. The highest BCUT2D eigenvalue weighted by atomic mass is 16.5. The maximum absolute atomic E-state index is 12.9. The Labute approximate surface area is 167 Å². The minimum atomic E-state index is -0.352. The maximum atomic E-state index is 12.9. The number of amides is 2. The summed E-state index contributed by atoms with van der Waals surface area (Å²) in [6.45, 7) is 3.65. The van der Waals surface area contributed by atoms with Crippen LogP contribution in [0.2, 0.25) is 0 Å². The van der Waals surface area contributed by atoms with Gasteiger partial charge in [0.25, 0.3) is 11.8 Å². The van der Waals surface area contributed by atoms with Crippen molar-refractivity contribution in [1.82, 2.24) is 10.1 Å². The fourth-order valence-electron chi connectivity index (χ4n) is 3.83. The van der Waals surface area contributed by atoms with Gasteiger partial charge in [0.15, 0.2) is 11.5 Å². The lowest BCUT2D eigenvalue weighted by Crippen LogP contribution is -2.24. The number of para-hydroxylation sites is 1. The fourth-order valence-corrected chi connectivity index (χ4v) is 3.83. The van der Waals surface area contributed by atoms with Gasteiger partial charge >= 0.3 is 0 Å². The first-order valence-corrected chi connectivity index (χ1v) is 9.04. The highest BCUT2D eigenvalue weighted by Crippen LogP contribution is 2.44. The monoisotopic (exact) mass is 392 g/mol. The predicted octanol–water partition coefficient (Wildman–Crippen LogP) is 3.87. The van der Waals surface area contributed by atoms with Crippen LogP contribution in [0, 0.1) is 13.8 Å². The van der Waals surface area contributed by atoms with E-state index in [-0.39, 0.29) is 11.8 Å². The van der Waals surface area contributed by atoms with E-state index in [1.165, 1.54) is 7.05 Å². The summed E-state index contributed by atoms with van der Waals surface area (Å²) in [7, 11) is 4.57. The Hall–Kier alpha value is -3.61. The second kappa shape index (κ2) is 6.77. The SMILES string of the molecule is COc1cccc(-c2cc(-c3c(C)noc3C)cc3c2C(=O)N(C)C3=O)c1OC. The number of carbonyl (C=O) groups is 2. The van der Waals surface area contributed by atoms with Crippen LogP contribution in [-0.4, -0.2) is 43.1 Å². The summed E-state index contributed by atoms with van der Waals surface area (Å²) >= 11 is 0. The van der Waals surface area contributed by atoms with E-state index >= 15 is 0 Å². The lowest BCUT2D eigenvalue weighted by atomic mass is 9.90. The molecule has 2 amide bonds. The van der Waals surface area contributed by atoms with Gasteiger partial charge in [0.05, 0.1) is 31.0 Å². The highest BCUT2D eigenvalue weighted by molar-refractivity contribution is 6.24. The minimum Gasteiger partial charge on any atom is -0.493 e. The van der Waals surface area contributed by atoms with E-state index in [1.807, 2.05) is 32.0 Å². The van der Waals surface area contributed by atoms with E-state index in [1.54, 1.807) is 26.4 Å². The third kappa shape index (κ3) is 2.69. The van der Waals surface area contributed by atoms with Gasteiger partial charge in [0, 0.05) is 18.2 Å². The van der Waals surface area contributed by atoms with Crippen LogP contribution in [0.25, 0.3) is 22.3 Å². The van der Waals surface area contributed by atoms with Crippen molar-refractivity contribution in [2.45, 2.75) is 13.8 Å². The van der Waals surface area contributed by atoms with Crippen LogP contribution >= 0.6 is 0 Å². The number of methoxy groups -OCH3 is 2. The topological polar surface area (TPSA) is 81.9 Å². The van der Waals surface area contributed by atoms with Gasteiger partial charge in [-0.1, -0.05) is 17.3 Å². The molecular formula is C22H20N2O5. The summed E-state index contributed by atoms with van der Waals surface area (Å²) in [6.07, 6.45) is 0. The Balaban J connectivity index is 2.09. The quantitative estimate of drug-likeness (QED) is 0.627. The molecule has 1 aromatic heterocycles. The smallest absolute Gasteiger partial charge is 0.261 e. The zero-order valence-corrected chi connectivity index (χ0v) is 16.8. The van der Waals surface area contributed by atoms with Gasteiger partial charge < -0.3 is 14.0 Å². The van der Waals surface area contributed by atoms with Crippen LogP contribution in [0.15, 0.2) is 34.9 Å². The molecule has 0 spiro atoms. The van der Waals surface area contributed by atoms with Gasteiger partial charge in [-0.15, -0.1) is 0 Å². The molecule has 0 aliphatic carbocycles. The van der Waals surface area contributed by atoms with Gasteiger partial charge in [-0.2, -0.15) is 0 Å². The molecule has 4 rings (SSSR count). The first-order valence-electron chi connectivity index (χ1n) is 9.04. The normalized spacial score (nSPS) is 13.1. The van der Waals surface area contributed by atoms with E-state index in [9.17, 15) is 9.59 Å². The average Bonchev–Trinajstić information content (AvgIpc) is 3.18. The van der Waals surface area contributed by atoms with E-state index in [0.29, 0.717) is 45.2 Å². The molecule has 29 heavy (non-hydrogen) atoms. The largest absolute Gasteiger partial charge is 0.493 e. The van der Waals surface area contributed by atoms with Crippen molar-refractivity contribution in [1.29, 1.82) is 0 Å². The molecule has 0 saturated heterocycles. The molecule has 0 radical (unpaired) electrons. The summed E-state index contributed by atoms with van der Waals surface area (Å²) in [6, 6.07) is 9.02. The molecule has 2 heterocycles. The number of aryl methyl sites for hydroxylation is 2. The Morgan fingerprint density at radius 3 is 2.28 bits per heavy atom. The Morgan fingerprint density at radius 1 is 0.931 bits per heavy atom. The molecule has 3 aromatic rings.